The maximum Gasteiger partial charge on any atom is 0.316 e. The highest BCUT2D eigenvalue weighted by Gasteiger charge is 1.94. The van der Waals surface area contributed by atoms with Crippen LogP contribution in [-0.2, 0) is 4.79 Å². The van der Waals surface area contributed by atoms with E-state index >= 15 is 0 Å². The lowest BCUT2D eigenvalue weighted by Gasteiger charge is -1.98. The summed E-state index contributed by atoms with van der Waals surface area (Å²) >= 11 is 0. The van der Waals surface area contributed by atoms with Crippen LogP contribution >= 0.6 is 0 Å². The van der Waals surface area contributed by atoms with Gasteiger partial charge in [0.05, 0.1) is 12.2 Å². The molecule has 0 aliphatic rings. The SMILES string of the molecule is CCOc1ncc(C#CCCNC(C)=O)cn1. The highest BCUT2D eigenvalue weighted by molar-refractivity contribution is 5.72. The largest absolute Gasteiger partial charge is 0.464 e. The van der Waals surface area contributed by atoms with E-state index in [1.54, 1.807) is 12.4 Å². The van der Waals surface area contributed by atoms with Crippen LogP contribution in [0.4, 0.5) is 0 Å². The number of rotatable bonds is 4. The van der Waals surface area contributed by atoms with Gasteiger partial charge in [-0.05, 0) is 6.92 Å². The van der Waals surface area contributed by atoms with Gasteiger partial charge >= 0.3 is 6.01 Å². The van der Waals surface area contributed by atoms with Crippen LogP contribution in [0.1, 0.15) is 25.8 Å². The molecule has 5 nitrogen and oxygen atoms in total. The van der Waals surface area contributed by atoms with Gasteiger partial charge in [0, 0.05) is 32.3 Å². The second kappa shape index (κ2) is 7.23. The van der Waals surface area contributed by atoms with Crippen molar-refractivity contribution in [2.75, 3.05) is 13.2 Å². The highest BCUT2D eigenvalue weighted by Crippen LogP contribution is 2.00. The van der Waals surface area contributed by atoms with E-state index in [4.69, 9.17) is 4.74 Å². The van der Waals surface area contributed by atoms with E-state index < -0.39 is 0 Å². The zero-order valence-electron chi connectivity index (χ0n) is 9.99. The molecule has 0 aliphatic carbocycles. The molecule has 1 aromatic rings. The Bertz CT molecular complexity index is 418. The summed E-state index contributed by atoms with van der Waals surface area (Å²) in [6.45, 7) is 4.45. The predicted molar refractivity (Wildman–Crippen MR) is 63.4 cm³/mol. The lowest BCUT2D eigenvalue weighted by molar-refractivity contribution is -0.118. The number of amides is 1. The fraction of sp³-hybridized carbons (Fsp3) is 0.417. The number of hydrogen-bond acceptors (Lipinski definition) is 4. The van der Waals surface area contributed by atoms with E-state index in [9.17, 15) is 4.79 Å². The Balaban J connectivity index is 2.40. The molecule has 1 rings (SSSR count). The summed E-state index contributed by atoms with van der Waals surface area (Å²) in [5.74, 6) is 5.78. The van der Waals surface area contributed by atoms with Crippen LogP contribution in [0, 0.1) is 11.8 Å². The summed E-state index contributed by atoms with van der Waals surface area (Å²) in [5.41, 5.74) is 0.733. The van der Waals surface area contributed by atoms with Crippen molar-refractivity contribution in [3.63, 3.8) is 0 Å². The smallest absolute Gasteiger partial charge is 0.316 e. The maximum atomic E-state index is 10.6. The average molecular weight is 233 g/mol. The van der Waals surface area contributed by atoms with Gasteiger partial charge in [-0.1, -0.05) is 11.8 Å². The van der Waals surface area contributed by atoms with Crippen LogP contribution in [0.3, 0.4) is 0 Å². The monoisotopic (exact) mass is 233 g/mol. The summed E-state index contributed by atoms with van der Waals surface area (Å²) in [6, 6.07) is 0.358. The van der Waals surface area contributed by atoms with E-state index in [0.717, 1.165) is 5.56 Å². The summed E-state index contributed by atoms with van der Waals surface area (Å²) in [7, 11) is 0. The number of hydrogen-bond donors (Lipinski definition) is 1. The molecular formula is C12H15N3O2. The van der Waals surface area contributed by atoms with Gasteiger partial charge in [-0.15, -0.1) is 0 Å². The number of carbonyl (C=O) groups is 1. The van der Waals surface area contributed by atoms with E-state index in [1.807, 2.05) is 6.92 Å². The van der Waals surface area contributed by atoms with Crippen LogP contribution in [0.5, 0.6) is 6.01 Å². The minimum Gasteiger partial charge on any atom is -0.464 e. The number of nitrogens with one attached hydrogen (secondary N) is 1. The van der Waals surface area contributed by atoms with Crippen molar-refractivity contribution in [3.8, 4) is 17.9 Å². The van der Waals surface area contributed by atoms with Crippen molar-refractivity contribution < 1.29 is 9.53 Å². The molecule has 0 bridgehead atoms. The molecule has 0 aliphatic heterocycles. The van der Waals surface area contributed by atoms with Gasteiger partial charge < -0.3 is 10.1 Å². The number of ether oxygens (including phenoxy) is 1. The second-order valence-electron chi connectivity index (χ2n) is 3.22. The molecule has 90 valence electrons. The molecular weight excluding hydrogens is 218 g/mol. The van der Waals surface area contributed by atoms with Crippen molar-refractivity contribution in [2.45, 2.75) is 20.3 Å². The first-order chi connectivity index (χ1) is 8.22. The van der Waals surface area contributed by atoms with Crippen LogP contribution in [0.15, 0.2) is 12.4 Å². The molecule has 0 saturated carbocycles. The molecule has 0 spiro atoms. The molecule has 1 amide bonds. The van der Waals surface area contributed by atoms with E-state index in [0.29, 0.717) is 25.6 Å². The second-order valence-corrected chi connectivity index (χ2v) is 3.22. The number of nitrogens with zero attached hydrogens (tertiary/aromatic N) is 2. The summed E-state index contributed by atoms with van der Waals surface area (Å²) in [5, 5.41) is 2.66. The number of aromatic nitrogens is 2. The minimum absolute atomic E-state index is 0.0452. The van der Waals surface area contributed by atoms with Crippen molar-refractivity contribution in [3.05, 3.63) is 18.0 Å². The van der Waals surface area contributed by atoms with Crippen molar-refractivity contribution in [1.29, 1.82) is 0 Å². The minimum atomic E-state index is -0.0452. The molecule has 0 fully saturated rings. The van der Waals surface area contributed by atoms with E-state index in [2.05, 4.69) is 27.1 Å². The van der Waals surface area contributed by atoms with Gasteiger partial charge in [0.1, 0.15) is 0 Å². The predicted octanol–water partition coefficient (Wildman–Crippen LogP) is 0.753. The molecule has 0 aromatic carbocycles. The van der Waals surface area contributed by atoms with Gasteiger partial charge in [0.2, 0.25) is 5.91 Å². The van der Waals surface area contributed by atoms with Gasteiger partial charge in [0.25, 0.3) is 0 Å². The zero-order chi connectivity index (χ0) is 12.5. The summed E-state index contributed by atoms with van der Waals surface area (Å²) < 4.78 is 5.11. The maximum absolute atomic E-state index is 10.6. The van der Waals surface area contributed by atoms with E-state index in [-0.39, 0.29) is 5.91 Å². The fourth-order valence-electron chi connectivity index (χ4n) is 1.05. The lowest BCUT2D eigenvalue weighted by Crippen LogP contribution is -2.20. The molecule has 1 heterocycles. The molecule has 1 aromatic heterocycles. The standard InChI is InChI=1S/C12H15N3O2/c1-3-17-12-14-8-11(9-15-12)6-4-5-7-13-10(2)16/h8-9H,3,5,7H2,1-2H3,(H,13,16). The first kappa shape index (κ1) is 13.0. The fourth-order valence-corrected chi connectivity index (χ4v) is 1.05. The van der Waals surface area contributed by atoms with E-state index in [1.165, 1.54) is 6.92 Å². The number of carbonyl (C=O) groups excluding carboxylic acids is 1. The van der Waals surface area contributed by atoms with Gasteiger partial charge in [-0.25, -0.2) is 9.97 Å². The Labute approximate surface area is 101 Å². The Hall–Kier alpha value is -2.09. The Kier molecular flexibility index (Phi) is 5.52. The summed E-state index contributed by atoms with van der Waals surface area (Å²) in [6.07, 6.45) is 3.83. The first-order valence-electron chi connectivity index (χ1n) is 5.40. The normalized spacial score (nSPS) is 9.06. The molecule has 0 atom stereocenters. The molecule has 0 radical (unpaired) electrons. The third-order valence-corrected chi connectivity index (χ3v) is 1.76. The molecule has 0 unspecified atom stereocenters. The van der Waals surface area contributed by atoms with Crippen molar-refractivity contribution in [2.24, 2.45) is 0 Å². The molecule has 17 heavy (non-hydrogen) atoms. The van der Waals surface area contributed by atoms with Gasteiger partial charge in [-0.2, -0.15) is 0 Å². The van der Waals surface area contributed by atoms with Gasteiger partial charge in [0.15, 0.2) is 0 Å². The first-order valence-corrected chi connectivity index (χ1v) is 5.40. The Morgan fingerprint density at radius 2 is 2.18 bits per heavy atom. The topological polar surface area (TPSA) is 64.1 Å². The quantitative estimate of drug-likeness (QED) is 0.615. The van der Waals surface area contributed by atoms with Crippen molar-refractivity contribution >= 4 is 5.91 Å². The van der Waals surface area contributed by atoms with Crippen molar-refractivity contribution in [1.82, 2.24) is 15.3 Å². The van der Waals surface area contributed by atoms with Gasteiger partial charge in [-0.3, -0.25) is 4.79 Å². The Morgan fingerprint density at radius 1 is 1.47 bits per heavy atom. The molecule has 1 N–H and O–H groups in total. The van der Waals surface area contributed by atoms with Crippen LogP contribution in [-0.4, -0.2) is 29.0 Å². The molecule has 0 saturated heterocycles. The Morgan fingerprint density at radius 3 is 2.76 bits per heavy atom. The third-order valence-electron chi connectivity index (χ3n) is 1.76. The van der Waals surface area contributed by atoms with Crippen LogP contribution in [0.2, 0.25) is 0 Å². The summed E-state index contributed by atoms with van der Waals surface area (Å²) in [4.78, 5) is 18.6. The third kappa shape index (κ3) is 5.52. The average Bonchev–Trinajstić information content (AvgIpc) is 2.31. The zero-order valence-corrected chi connectivity index (χ0v) is 9.99. The molecule has 5 heteroatoms. The van der Waals surface area contributed by atoms with Crippen LogP contribution < -0.4 is 10.1 Å². The lowest BCUT2D eigenvalue weighted by atomic mass is 10.3. The highest BCUT2D eigenvalue weighted by atomic mass is 16.5. The van der Waals surface area contributed by atoms with Crippen LogP contribution in [0.25, 0.3) is 0 Å².